The van der Waals surface area contributed by atoms with Gasteiger partial charge in [0.05, 0.1) is 0 Å². The van der Waals surface area contributed by atoms with E-state index < -0.39 is 21.3 Å². The smallest absolute Gasteiger partial charge is 1.00 e. The first-order valence-corrected chi connectivity index (χ1v) is 15.8. The van der Waals surface area contributed by atoms with Crippen molar-refractivity contribution < 1.29 is 50.5 Å². The van der Waals surface area contributed by atoms with Gasteiger partial charge < -0.3 is 24.8 Å². The van der Waals surface area contributed by atoms with Crippen molar-refractivity contribution in [1.82, 2.24) is 0 Å². The van der Waals surface area contributed by atoms with Gasteiger partial charge in [-0.2, -0.15) is 0 Å². The number of rotatable bonds is 5. The predicted molar refractivity (Wildman–Crippen MR) is 134 cm³/mol. The molecule has 4 aromatic rings. The third-order valence-corrected chi connectivity index (χ3v) is 14.9. The zero-order valence-corrected chi connectivity index (χ0v) is 23.5. The van der Waals surface area contributed by atoms with Gasteiger partial charge in [-0.3, -0.25) is 0 Å². The maximum atomic E-state index is 5.50. The molecule has 3 aromatic carbocycles. The minimum absolute atomic E-state index is 0. The van der Waals surface area contributed by atoms with Crippen molar-refractivity contribution in [3.8, 4) is 11.1 Å². The van der Waals surface area contributed by atoms with Crippen LogP contribution < -0.4 is 24.8 Å². The van der Waals surface area contributed by atoms with E-state index in [-0.39, 0.29) is 24.8 Å². The molecule has 0 amide bonds. The van der Waals surface area contributed by atoms with Crippen LogP contribution in [0.4, 0.5) is 0 Å². The minimum Gasteiger partial charge on any atom is -1.00 e. The van der Waals surface area contributed by atoms with Crippen LogP contribution in [-0.4, -0.2) is 3.71 Å². The second kappa shape index (κ2) is 11.2. The Labute approximate surface area is 227 Å². The van der Waals surface area contributed by atoms with Crippen LogP contribution in [0.2, 0.25) is 0 Å². The molecule has 1 heterocycles. The summed E-state index contributed by atoms with van der Waals surface area (Å²) in [5.74, 6) is 0.469. The summed E-state index contributed by atoms with van der Waals surface area (Å²) in [6, 6.07) is 31.2. The van der Waals surface area contributed by atoms with Gasteiger partial charge in [0.2, 0.25) is 0 Å². The molecule has 6 rings (SSSR count). The first-order valence-electron chi connectivity index (χ1n) is 11.7. The van der Waals surface area contributed by atoms with Crippen molar-refractivity contribution in [3.63, 3.8) is 0 Å². The number of benzene rings is 3. The maximum absolute atomic E-state index is 5.50. The Bertz CT molecular complexity index is 1360. The van der Waals surface area contributed by atoms with Gasteiger partial charge in [-0.25, -0.2) is 0 Å². The summed E-state index contributed by atoms with van der Waals surface area (Å²) in [5.41, 5.74) is 9.92. The fourth-order valence-electron chi connectivity index (χ4n) is 5.48. The molecule has 0 bridgehead atoms. The normalized spacial score (nSPS) is 16.0. The van der Waals surface area contributed by atoms with Crippen LogP contribution in [0.1, 0.15) is 32.8 Å². The number of halogens is 2. The van der Waals surface area contributed by atoms with Gasteiger partial charge in [0.1, 0.15) is 0 Å². The summed E-state index contributed by atoms with van der Waals surface area (Å²) >= 11 is -2.37. The van der Waals surface area contributed by atoms with E-state index in [1.165, 1.54) is 39.0 Å². The molecule has 2 aliphatic carbocycles. The third-order valence-electron chi connectivity index (χ3n) is 6.99. The number of hydrogen-bond acceptors (Lipinski definition) is 1. The molecule has 0 saturated heterocycles. The second-order valence-electron chi connectivity index (χ2n) is 8.94. The molecule has 174 valence electrons. The average Bonchev–Trinajstić information content (AvgIpc) is 3.59. The van der Waals surface area contributed by atoms with Crippen molar-refractivity contribution >= 4 is 9.28 Å². The molecular weight excluding hydrogens is 550 g/mol. The molecule has 35 heavy (non-hydrogen) atoms. The first-order chi connectivity index (χ1) is 16.3. The van der Waals surface area contributed by atoms with Crippen LogP contribution >= 0.6 is 0 Å². The summed E-state index contributed by atoms with van der Waals surface area (Å²) in [6.07, 6.45) is 9.47. The van der Waals surface area contributed by atoms with Crippen LogP contribution in [0, 0.1) is 5.92 Å². The Morgan fingerprint density at radius 1 is 0.800 bits per heavy atom. The third kappa shape index (κ3) is 4.77. The fourth-order valence-corrected chi connectivity index (χ4v) is 14.2. The summed E-state index contributed by atoms with van der Waals surface area (Å²) in [5, 5.41) is 0. The first kappa shape index (κ1) is 25.8. The maximum Gasteiger partial charge on any atom is -1.00 e. The Hall–Kier alpha value is -2.25. The topological polar surface area (TPSA) is 13.1 Å². The van der Waals surface area contributed by atoms with E-state index in [0.29, 0.717) is 9.54 Å². The van der Waals surface area contributed by atoms with E-state index in [2.05, 4.69) is 108 Å². The molecule has 0 fully saturated rings. The zero-order valence-electron chi connectivity index (χ0n) is 19.5. The number of furan rings is 1. The van der Waals surface area contributed by atoms with Crippen molar-refractivity contribution in [3.05, 3.63) is 135 Å². The molecule has 0 N–H and O–H groups in total. The van der Waals surface area contributed by atoms with Crippen LogP contribution in [0.25, 0.3) is 16.7 Å². The van der Waals surface area contributed by atoms with Crippen molar-refractivity contribution in [2.24, 2.45) is 5.92 Å². The molecule has 0 radical (unpaired) electrons. The molecule has 2 aliphatic rings. The largest absolute Gasteiger partial charge is 1.00 e. The molecule has 4 heteroatoms. The van der Waals surface area contributed by atoms with Gasteiger partial charge in [0.15, 0.2) is 0 Å². The number of fused-ring (bicyclic) bond motifs is 3. The van der Waals surface area contributed by atoms with Crippen molar-refractivity contribution in [1.29, 1.82) is 0 Å². The monoisotopic (exact) mass is 574 g/mol. The molecule has 0 saturated carbocycles. The Morgan fingerprint density at radius 2 is 1.43 bits per heavy atom. The Balaban J connectivity index is 0.00000144. The molecular formula is C31H26Cl2OZr. The van der Waals surface area contributed by atoms with Crippen LogP contribution in [0.5, 0.6) is 0 Å². The zero-order chi connectivity index (χ0) is 22.2. The standard InChI is InChI=1S/C13H9.C10H9O.C8H8.2ClH.Zr/c1-3-7-12-10(5-1)9-11-6-2-4-8-13(11)12;1-8-2-3-9(6-8)10-4-5-11-7-10;1-2-8-6-4-3-5-7-8;;;/h1-9H;2-5,7-8H,1H3;1,3-7H,2H2;2*1H;/q;;;;;+2/p-2. The van der Waals surface area contributed by atoms with E-state index in [0.717, 1.165) is 6.42 Å². The molecule has 1 atom stereocenters. The predicted octanol–water partition coefficient (Wildman–Crippen LogP) is 1.64. The van der Waals surface area contributed by atoms with E-state index in [1.807, 2.05) is 6.26 Å². The van der Waals surface area contributed by atoms with Gasteiger partial charge in [0, 0.05) is 0 Å². The van der Waals surface area contributed by atoms with Gasteiger partial charge in [-0.05, 0) is 0 Å². The molecule has 0 spiro atoms. The van der Waals surface area contributed by atoms with Gasteiger partial charge in [0.25, 0.3) is 0 Å². The SMILES string of the molecule is CC1C=CC(c2ccoc2)=[C]1/[Zr+2](=[CH]/Cc1ccccc1)[CH]1c2ccccc2-c2ccccc21.[Cl-].[Cl-]. The minimum atomic E-state index is -2.37. The number of allylic oxidation sites excluding steroid dienone is 4. The molecule has 0 aliphatic heterocycles. The molecule has 1 unspecified atom stereocenters. The number of hydrogen-bond donors (Lipinski definition) is 0. The molecule has 1 aromatic heterocycles. The van der Waals surface area contributed by atoms with Crippen LogP contribution in [0.15, 0.2) is 117 Å². The quantitative estimate of drug-likeness (QED) is 0.352. The average molecular weight is 577 g/mol. The van der Waals surface area contributed by atoms with Crippen LogP contribution in [0.3, 0.4) is 0 Å². The van der Waals surface area contributed by atoms with E-state index in [4.69, 9.17) is 4.42 Å². The van der Waals surface area contributed by atoms with Gasteiger partial charge >= 0.3 is 204 Å². The van der Waals surface area contributed by atoms with Crippen molar-refractivity contribution in [2.75, 3.05) is 0 Å². The van der Waals surface area contributed by atoms with E-state index in [9.17, 15) is 0 Å². The van der Waals surface area contributed by atoms with Crippen LogP contribution in [-0.2, 0) is 27.7 Å². The van der Waals surface area contributed by atoms with Crippen molar-refractivity contribution in [2.45, 2.75) is 17.0 Å². The Morgan fingerprint density at radius 3 is 2.06 bits per heavy atom. The second-order valence-corrected chi connectivity index (χ2v) is 14.9. The summed E-state index contributed by atoms with van der Waals surface area (Å²) in [4.78, 5) is 0. The molecule has 1 nitrogen and oxygen atoms in total. The van der Waals surface area contributed by atoms with E-state index in [1.54, 1.807) is 9.54 Å². The summed E-state index contributed by atoms with van der Waals surface area (Å²) in [6.45, 7) is 2.38. The Kier molecular flexibility index (Phi) is 8.28. The van der Waals surface area contributed by atoms with E-state index >= 15 is 0 Å². The fraction of sp³-hybridized carbons (Fsp3) is 0.129. The van der Waals surface area contributed by atoms with Gasteiger partial charge in [-0.1, -0.05) is 0 Å². The summed E-state index contributed by atoms with van der Waals surface area (Å²) < 4.78 is 10.4. The van der Waals surface area contributed by atoms with Gasteiger partial charge in [-0.15, -0.1) is 0 Å². The summed E-state index contributed by atoms with van der Waals surface area (Å²) in [7, 11) is 0.